The Morgan fingerprint density at radius 2 is 2.21 bits per heavy atom. The van der Waals surface area contributed by atoms with Gasteiger partial charge in [0.05, 0.1) is 11.3 Å². The number of anilines is 1. The first-order chi connectivity index (χ1) is 6.50. The lowest BCUT2D eigenvalue weighted by molar-refractivity contribution is 0.0697. The van der Waals surface area contributed by atoms with Crippen molar-refractivity contribution in [2.45, 2.75) is 0 Å². The number of carbonyl (C=O) groups is 1. The number of hydrogen-bond acceptors (Lipinski definition) is 2. The summed E-state index contributed by atoms with van der Waals surface area (Å²) in [6, 6.07) is 4.53. The number of nitrogens with two attached hydrogens (primary N) is 1. The molecule has 0 heterocycles. The fourth-order valence-electron chi connectivity index (χ4n) is 0.882. The third-order valence-electron chi connectivity index (χ3n) is 1.47. The molecule has 14 heavy (non-hydrogen) atoms. The van der Waals surface area contributed by atoms with Gasteiger partial charge in [-0.3, -0.25) is 0 Å². The molecular weight excluding hydrogens is 268 g/mol. The zero-order valence-electron chi connectivity index (χ0n) is 6.95. The zero-order valence-corrected chi connectivity index (χ0v) is 9.35. The van der Waals surface area contributed by atoms with Crippen LogP contribution in [0.25, 0.3) is 0 Å². The van der Waals surface area contributed by atoms with Gasteiger partial charge in [-0.25, -0.2) is 4.79 Å². The lowest BCUT2D eigenvalue weighted by Crippen LogP contribution is -2.19. The number of nitrogens with one attached hydrogen (secondary N) is 1. The number of thiocarbonyl (C=S) groups is 1. The van der Waals surface area contributed by atoms with Crippen LogP contribution in [0.1, 0.15) is 10.4 Å². The van der Waals surface area contributed by atoms with Gasteiger partial charge in [0.25, 0.3) is 0 Å². The molecule has 0 bridgehead atoms. The minimum absolute atomic E-state index is 0.133. The Morgan fingerprint density at radius 1 is 1.57 bits per heavy atom. The van der Waals surface area contributed by atoms with Gasteiger partial charge in [0, 0.05) is 4.47 Å². The molecular formula is C8H7BrN2O2S. The minimum atomic E-state index is -0.979. The van der Waals surface area contributed by atoms with Gasteiger partial charge in [0.1, 0.15) is 0 Å². The number of carboxylic acids is 1. The number of benzene rings is 1. The lowest BCUT2D eigenvalue weighted by Gasteiger charge is -2.06. The van der Waals surface area contributed by atoms with Crippen LogP contribution in [0.2, 0.25) is 0 Å². The molecule has 0 unspecified atom stereocenters. The average Bonchev–Trinajstić information content (AvgIpc) is 2.07. The predicted molar refractivity (Wildman–Crippen MR) is 61.5 cm³/mol. The molecule has 0 atom stereocenters. The van der Waals surface area contributed by atoms with Crippen LogP contribution < -0.4 is 11.1 Å². The summed E-state index contributed by atoms with van der Waals surface area (Å²) in [7, 11) is 0. The van der Waals surface area contributed by atoms with Crippen molar-refractivity contribution in [3.8, 4) is 0 Å². The molecule has 6 heteroatoms. The van der Waals surface area contributed by atoms with Crippen molar-refractivity contribution in [2.24, 2.45) is 5.73 Å². The molecule has 0 aromatic heterocycles. The van der Waals surface area contributed by atoms with E-state index in [9.17, 15) is 4.79 Å². The van der Waals surface area contributed by atoms with E-state index in [1.165, 1.54) is 12.1 Å². The topological polar surface area (TPSA) is 75.3 Å². The molecule has 4 N–H and O–H groups in total. The van der Waals surface area contributed by atoms with E-state index in [1.807, 2.05) is 0 Å². The first-order valence-electron chi connectivity index (χ1n) is 3.60. The molecule has 0 saturated carbocycles. The van der Waals surface area contributed by atoms with E-state index in [1.54, 1.807) is 6.07 Å². The van der Waals surface area contributed by atoms with E-state index in [-0.39, 0.29) is 10.7 Å². The lowest BCUT2D eigenvalue weighted by atomic mass is 10.2. The van der Waals surface area contributed by atoms with Crippen LogP contribution >= 0.6 is 28.1 Å². The van der Waals surface area contributed by atoms with E-state index in [4.69, 9.17) is 10.8 Å². The Kier molecular flexibility index (Phi) is 3.43. The molecule has 0 aliphatic heterocycles. The Hall–Kier alpha value is -1.14. The van der Waals surface area contributed by atoms with Gasteiger partial charge in [0.15, 0.2) is 5.11 Å². The number of halogens is 1. The second kappa shape index (κ2) is 4.39. The van der Waals surface area contributed by atoms with Gasteiger partial charge in [-0.1, -0.05) is 0 Å². The summed E-state index contributed by atoms with van der Waals surface area (Å²) in [5.41, 5.74) is 6.12. The average molecular weight is 275 g/mol. The molecule has 0 saturated heterocycles. The highest BCUT2D eigenvalue weighted by molar-refractivity contribution is 9.10. The first kappa shape index (κ1) is 10.9. The molecule has 74 valence electrons. The van der Waals surface area contributed by atoms with Crippen LogP contribution in [-0.2, 0) is 0 Å². The standard InChI is InChI=1S/C8H7BrN2O2S/c9-5-3-4(7(12)13)1-2-6(5)11-8(10)14/h1-3H,(H,12,13)(H3,10,11,14). The number of aromatic carboxylic acids is 1. The maximum absolute atomic E-state index is 10.6. The molecule has 4 nitrogen and oxygen atoms in total. The van der Waals surface area contributed by atoms with Crippen molar-refractivity contribution >= 4 is 44.9 Å². The summed E-state index contributed by atoms with van der Waals surface area (Å²) in [5.74, 6) is -0.979. The van der Waals surface area contributed by atoms with Crippen molar-refractivity contribution in [3.05, 3.63) is 28.2 Å². The van der Waals surface area contributed by atoms with E-state index in [0.717, 1.165) is 0 Å². The Morgan fingerprint density at radius 3 is 2.64 bits per heavy atom. The molecule has 1 rings (SSSR count). The number of carboxylic acid groups (broad SMARTS) is 1. The smallest absolute Gasteiger partial charge is 0.335 e. The molecule has 0 spiro atoms. The van der Waals surface area contributed by atoms with Crippen molar-refractivity contribution in [2.75, 3.05) is 5.32 Å². The molecule has 0 aliphatic carbocycles. The SMILES string of the molecule is NC(=S)Nc1ccc(C(=O)O)cc1Br. The summed E-state index contributed by atoms with van der Waals surface area (Å²) in [4.78, 5) is 10.6. The molecule has 0 aliphatic rings. The van der Waals surface area contributed by atoms with Gasteiger partial charge in [0.2, 0.25) is 0 Å². The molecule has 0 radical (unpaired) electrons. The maximum Gasteiger partial charge on any atom is 0.335 e. The maximum atomic E-state index is 10.6. The van der Waals surface area contributed by atoms with Gasteiger partial charge in [-0.15, -0.1) is 0 Å². The van der Waals surface area contributed by atoms with Crippen LogP contribution in [0.5, 0.6) is 0 Å². The third kappa shape index (κ3) is 2.68. The summed E-state index contributed by atoms with van der Waals surface area (Å²) in [5, 5.41) is 11.5. The zero-order chi connectivity index (χ0) is 10.7. The second-order valence-corrected chi connectivity index (χ2v) is 3.78. The monoisotopic (exact) mass is 274 g/mol. The molecule has 0 fully saturated rings. The van der Waals surface area contributed by atoms with Crippen LogP contribution in [0.4, 0.5) is 5.69 Å². The van der Waals surface area contributed by atoms with Crippen LogP contribution in [-0.4, -0.2) is 16.2 Å². The summed E-state index contributed by atoms with van der Waals surface area (Å²) in [6.45, 7) is 0. The quantitative estimate of drug-likeness (QED) is 0.718. The Balaban J connectivity index is 3.01. The second-order valence-electron chi connectivity index (χ2n) is 2.49. The molecule has 0 amide bonds. The van der Waals surface area contributed by atoms with Crippen molar-refractivity contribution in [3.63, 3.8) is 0 Å². The number of hydrogen-bond donors (Lipinski definition) is 3. The fourth-order valence-corrected chi connectivity index (χ4v) is 1.47. The Labute approximate surface area is 94.2 Å². The van der Waals surface area contributed by atoms with Crippen molar-refractivity contribution in [1.29, 1.82) is 0 Å². The summed E-state index contributed by atoms with van der Waals surface area (Å²) < 4.78 is 0.602. The highest BCUT2D eigenvalue weighted by Crippen LogP contribution is 2.23. The molecule has 1 aromatic carbocycles. The van der Waals surface area contributed by atoms with Crippen molar-refractivity contribution in [1.82, 2.24) is 0 Å². The van der Waals surface area contributed by atoms with Gasteiger partial charge in [-0.05, 0) is 46.3 Å². The van der Waals surface area contributed by atoms with Gasteiger partial charge < -0.3 is 16.2 Å². The third-order valence-corrected chi connectivity index (χ3v) is 2.23. The van der Waals surface area contributed by atoms with Crippen LogP contribution in [0.3, 0.4) is 0 Å². The molecule has 1 aromatic rings. The van der Waals surface area contributed by atoms with Crippen LogP contribution in [0, 0.1) is 0 Å². The van der Waals surface area contributed by atoms with Gasteiger partial charge in [-0.2, -0.15) is 0 Å². The van der Waals surface area contributed by atoms with Crippen LogP contribution in [0.15, 0.2) is 22.7 Å². The predicted octanol–water partition coefficient (Wildman–Crippen LogP) is 1.80. The van der Waals surface area contributed by atoms with E-state index in [2.05, 4.69) is 33.5 Å². The summed E-state index contributed by atoms with van der Waals surface area (Å²) in [6.07, 6.45) is 0. The Bertz CT molecular complexity index is 395. The van der Waals surface area contributed by atoms with E-state index >= 15 is 0 Å². The largest absolute Gasteiger partial charge is 0.478 e. The fraction of sp³-hybridized carbons (Fsp3) is 0. The highest BCUT2D eigenvalue weighted by Gasteiger charge is 2.06. The first-order valence-corrected chi connectivity index (χ1v) is 4.80. The van der Waals surface area contributed by atoms with Gasteiger partial charge >= 0.3 is 5.97 Å². The highest BCUT2D eigenvalue weighted by atomic mass is 79.9. The van der Waals surface area contributed by atoms with E-state index in [0.29, 0.717) is 10.2 Å². The number of rotatable bonds is 2. The van der Waals surface area contributed by atoms with Crippen molar-refractivity contribution < 1.29 is 9.90 Å². The minimum Gasteiger partial charge on any atom is -0.478 e. The normalized spacial score (nSPS) is 9.50. The summed E-state index contributed by atoms with van der Waals surface area (Å²) >= 11 is 7.85. The van der Waals surface area contributed by atoms with E-state index < -0.39 is 5.97 Å².